The third-order valence-corrected chi connectivity index (χ3v) is 4.14. The van der Waals surface area contributed by atoms with E-state index in [4.69, 9.17) is 4.42 Å². The second-order valence-corrected chi connectivity index (χ2v) is 6.21. The lowest BCUT2D eigenvalue weighted by Gasteiger charge is -2.17. The maximum Gasteiger partial charge on any atom is 0.247 e. The molecule has 0 bridgehead atoms. The second-order valence-electron chi connectivity index (χ2n) is 5.30. The number of nitrogens with zero attached hydrogens (tertiary/aromatic N) is 2. The van der Waals surface area contributed by atoms with Crippen molar-refractivity contribution in [2.45, 2.75) is 44.9 Å². The zero-order valence-corrected chi connectivity index (χ0v) is 12.6. The lowest BCUT2D eigenvalue weighted by Crippen LogP contribution is -2.04. The first-order valence-electron chi connectivity index (χ1n) is 6.83. The molecule has 0 aliphatic heterocycles. The van der Waals surface area contributed by atoms with Crippen molar-refractivity contribution < 1.29 is 4.42 Å². The third-order valence-electron chi connectivity index (χ3n) is 3.68. The molecule has 3 nitrogen and oxygen atoms in total. The third kappa shape index (κ3) is 2.89. The van der Waals surface area contributed by atoms with Gasteiger partial charge in [0.25, 0.3) is 0 Å². The quantitative estimate of drug-likeness (QED) is 0.793. The molecule has 4 heteroatoms. The number of aromatic nitrogens is 2. The van der Waals surface area contributed by atoms with Gasteiger partial charge in [-0.1, -0.05) is 35.2 Å². The summed E-state index contributed by atoms with van der Waals surface area (Å²) in [4.78, 5) is 0. The van der Waals surface area contributed by atoms with E-state index < -0.39 is 0 Å². The largest absolute Gasteiger partial charge is 0.420 e. The zero-order valence-electron chi connectivity index (χ0n) is 11.0. The van der Waals surface area contributed by atoms with E-state index in [1.54, 1.807) is 0 Å². The highest BCUT2D eigenvalue weighted by Crippen LogP contribution is 2.33. The van der Waals surface area contributed by atoms with Gasteiger partial charge in [0.05, 0.1) is 0 Å². The van der Waals surface area contributed by atoms with Crippen LogP contribution in [-0.2, 0) is 0 Å². The Hall–Kier alpha value is -1.16. The molecule has 100 valence electrons. The van der Waals surface area contributed by atoms with Crippen molar-refractivity contribution in [2.24, 2.45) is 0 Å². The molecule has 1 fully saturated rings. The van der Waals surface area contributed by atoms with Crippen LogP contribution >= 0.6 is 15.9 Å². The van der Waals surface area contributed by atoms with Crippen molar-refractivity contribution >= 4 is 15.9 Å². The molecule has 0 saturated heterocycles. The molecule has 0 amide bonds. The lowest BCUT2D eigenvalue weighted by molar-refractivity contribution is 0.367. The zero-order chi connectivity index (χ0) is 13.2. The van der Waals surface area contributed by atoms with E-state index in [9.17, 15) is 0 Å². The predicted molar refractivity (Wildman–Crippen MR) is 78.0 cm³/mol. The number of rotatable bonds is 2. The van der Waals surface area contributed by atoms with E-state index >= 15 is 0 Å². The molecule has 1 aliphatic rings. The van der Waals surface area contributed by atoms with Gasteiger partial charge in [-0.05, 0) is 43.5 Å². The van der Waals surface area contributed by atoms with Gasteiger partial charge in [0.2, 0.25) is 11.8 Å². The minimum atomic E-state index is 0.461. The Morgan fingerprint density at radius 1 is 1.11 bits per heavy atom. The van der Waals surface area contributed by atoms with Crippen LogP contribution in [0.3, 0.4) is 0 Å². The van der Waals surface area contributed by atoms with E-state index in [0.29, 0.717) is 11.8 Å². The molecule has 3 rings (SSSR count). The Morgan fingerprint density at radius 3 is 2.63 bits per heavy atom. The Labute approximate surface area is 121 Å². The molecule has 1 aromatic heterocycles. The fraction of sp³-hybridized carbons (Fsp3) is 0.467. The average Bonchev–Trinajstić information content (AvgIpc) is 2.88. The van der Waals surface area contributed by atoms with Gasteiger partial charge < -0.3 is 4.42 Å². The van der Waals surface area contributed by atoms with Crippen LogP contribution in [0.4, 0.5) is 0 Å². The summed E-state index contributed by atoms with van der Waals surface area (Å²) in [7, 11) is 0. The molecule has 1 saturated carbocycles. The first-order valence-corrected chi connectivity index (χ1v) is 7.62. The minimum absolute atomic E-state index is 0.461. The van der Waals surface area contributed by atoms with Gasteiger partial charge in [-0.2, -0.15) is 0 Å². The summed E-state index contributed by atoms with van der Waals surface area (Å²) in [5, 5.41) is 8.45. The van der Waals surface area contributed by atoms with Gasteiger partial charge in [0, 0.05) is 16.0 Å². The topological polar surface area (TPSA) is 38.9 Å². The van der Waals surface area contributed by atoms with E-state index in [1.165, 1.54) is 37.7 Å². The van der Waals surface area contributed by atoms with Crippen LogP contribution in [0.25, 0.3) is 11.5 Å². The Balaban J connectivity index is 1.87. The Bertz CT molecular complexity index is 553. The minimum Gasteiger partial charge on any atom is -0.420 e. The van der Waals surface area contributed by atoms with Crippen LogP contribution in [0.15, 0.2) is 27.1 Å². The van der Waals surface area contributed by atoms with E-state index in [2.05, 4.69) is 45.2 Å². The van der Waals surface area contributed by atoms with Crippen molar-refractivity contribution in [2.75, 3.05) is 0 Å². The van der Waals surface area contributed by atoms with Crippen LogP contribution < -0.4 is 0 Å². The SMILES string of the molecule is Cc1cc(Br)cc(-c2nnc(C3CCCCC3)o2)c1. The van der Waals surface area contributed by atoms with Gasteiger partial charge in [-0.15, -0.1) is 10.2 Å². The first-order chi connectivity index (χ1) is 9.22. The maximum absolute atomic E-state index is 5.88. The lowest BCUT2D eigenvalue weighted by atomic mass is 9.89. The van der Waals surface area contributed by atoms with Crippen molar-refractivity contribution in [1.82, 2.24) is 10.2 Å². The van der Waals surface area contributed by atoms with Crippen molar-refractivity contribution in [3.8, 4) is 11.5 Å². The summed E-state index contributed by atoms with van der Waals surface area (Å²) in [5.74, 6) is 1.90. The molecule has 0 radical (unpaired) electrons. The summed E-state index contributed by atoms with van der Waals surface area (Å²) in [6.07, 6.45) is 6.25. The van der Waals surface area contributed by atoms with Crippen LogP contribution in [0.2, 0.25) is 0 Å². The van der Waals surface area contributed by atoms with Crippen molar-refractivity contribution in [1.29, 1.82) is 0 Å². The number of benzene rings is 1. The Morgan fingerprint density at radius 2 is 1.89 bits per heavy atom. The van der Waals surface area contributed by atoms with Gasteiger partial charge in [0.15, 0.2) is 0 Å². The van der Waals surface area contributed by atoms with Crippen molar-refractivity contribution in [3.05, 3.63) is 34.1 Å². The van der Waals surface area contributed by atoms with Gasteiger partial charge in [-0.25, -0.2) is 0 Å². The van der Waals surface area contributed by atoms with Crippen LogP contribution in [0.1, 0.15) is 49.5 Å². The smallest absolute Gasteiger partial charge is 0.247 e. The van der Waals surface area contributed by atoms with Gasteiger partial charge in [-0.3, -0.25) is 0 Å². The number of hydrogen-bond donors (Lipinski definition) is 0. The van der Waals surface area contributed by atoms with E-state index in [-0.39, 0.29) is 0 Å². The normalized spacial score (nSPS) is 16.7. The fourth-order valence-corrected chi connectivity index (χ4v) is 3.33. The standard InChI is InChI=1S/C15H17BrN2O/c1-10-7-12(9-13(16)8-10)15-18-17-14(19-15)11-5-3-2-4-6-11/h7-9,11H,2-6H2,1H3. The molecule has 0 atom stereocenters. The summed E-state index contributed by atoms with van der Waals surface area (Å²) in [6.45, 7) is 2.06. The first kappa shape index (κ1) is 12.9. The molecular weight excluding hydrogens is 304 g/mol. The number of aryl methyl sites for hydroxylation is 1. The van der Waals surface area contributed by atoms with Crippen LogP contribution in [0.5, 0.6) is 0 Å². The monoisotopic (exact) mass is 320 g/mol. The molecule has 19 heavy (non-hydrogen) atoms. The molecule has 0 spiro atoms. The Kier molecular flexibility index (Phi) is 3.69. The summed E-state index contributed by atoms with van der Waals surface area (Å²) in [5.41, 5.74) is 2.17. The van der Waals surface area contributed by atoms with Gasteiger partial charge >= 0.3 is 0 Å². The summed E-state index contributed by atoms with van der Waals surface area (Å²) >= 11 is 3.50. The summed E-state index contributed by atoms with van der Waals surface area (Å²) < 4.78 is 6.92. The molecule has 2 aromatic rings. The molecule has 1 aliphatic carbocycles. The molecular formula is C15H17BrN2O. The number of halogens is 1. The predicted octanol–water partition coefficient (Wildman–Crippen LogP) is 4.86. The van der Waals surface area contributed by atoms with Crippen LogP contribution in [-0.4, -0.2) is 10.2 Å². The van der Waals surface area contributed by atoms with Crippen LogP contribution in [0, 0.1) is 6.92 Å². The maximum atomic E-state index is 5.88. The molecule has 0 N–H and O–H groups in total. The average molecular weight is 321 g/mol. The second kappa shape index (κ2) is 5.45. The number of hydrogen-bond acceptors (Lipinski definition) is 3. The van der Waals surface area contributed by atoms with Crippen molar-refractivity contribution in [3.63, 3.8) is 0 Å². The highest BCUT2D eigenvalue weighted by atomic mass is 79.9. The molecule has 0 unspecified atom stereocenters. The van der Waals surface area contributed by atoms with E-state index in [1.807, 2.05) is 6.07 Å². The highest BCUT2D eigenvalue weighted by molar-refractivity contribution is 9.10. The molecule has 1 aromatic carbocycles. The fourth-order valence-electron chi connectivity index (χ4n) is 2.73. The van der Waals surface area contributed by atoms with E-state index in [0.717, 1.165) is 15.9 Å². The highest BCUT2D eigenvalue weighted by Gasteiger charge is 2.21. The summed E-state index contributed by atoms with van der Waals surface area (Å²) in [6, 6.07) is 6.16. The van der Waals surface area contributed by atoms with Gasteiger partial charge in [0.1, 0.15) is 0 Å². The molecule has 1 heterocycles.